The summed E-state index contributed by atoms with van der Waals surface area (Å²) in [6, 6.07) is 9.76. The molecule has 0 aromatic heterocycles. The number of benzene rings is 1. The monoisotopic (exact) mass is 300 g/mol. The van der Waals surface area contributed by atoms with Crippen molar-refractivity contribution < 1.29 is 4.74 Å². The summed E-state index contributed by atoms with van der Waals surface area (Å²) >= 11 is 0. The van der Waals surface area contributed by atoms with E-state index < -0.39 is 0 Å². The highest BCUT2D eigenvalue weighted by Gasteiger charge is 2.28. The zero-order valence-electron chi connectivity index (χ0n) is 13.5. The Balaban J connectivity index is 1.31. The summed E-state index contributed by atoms with van der Waals surface area (Å²) in [5.74, 6) is 0.780. The lowest BCUT2D eigenvalue weighted by molar-refractivity contribution is 0.164. The molecule has 0 spiro atoms. The van der Waals surface area contributed by atoms with Crippen molar-refractivity contribution in [2.45, 2.75) is 31.7 Å². The van der Waals surface area contributed by atoms with Crippen molar-refractivity contribution in [3.63, 3.8) is 0 Å². The van der Waals surface area contributed by atoms with Crippen LogP contribution in [0.5, 0.6) is 0 Å². The Hall–Kier alpha value is -0.900. The van der Waals surface area contributed by atoms with Crippen LogP contribution in [0.15, 0.2) is 24.3 Å². The van der Waals surface area contributed by atoms with Gasteiger partial charge in [-0.3, -0.25) is 4.90 Å². The predicted molar refractivity (Wildman–Crippen MR) is 89.2 cm³/mol. The van der Waals surface area contributed by atoms with Crippen LogP contribution in [0, 0.1) is 5.92 Å². The maximum absolute atomic E-state index is 5.53. The van der Waals surface area contributed by atoms with E-state index in [0.29, 0.717) is 0 Å². The maximum Gasteiger partial charge on any atom is 0.0507 e. The molecule has 1 unspecified atom stereocenters. The van der Waals surface area contributed by atoms with E-state index in [0.717, 1.165) is 25.2 Å². The minimum atomic E-state index is 0.743. The number of hydrogen-bond donors (Lipinski definition) is 0. The zero-order chi connectivity index (χ0) is 14.8. The minimum Gasteiger partial charge on any atom is -0.381 e. The molecule has 1 aromatic carbocycles. The Kier molecular flexibility index (Phi) is 4.47. The third-order valence-corrected chi connectivity index (χ3v) is 5.71. The van der Waals surface area contributed by atoms with Crippen molar-refractivity contribution in [3.05, 3.63) is 35.4 Å². The molecule has 120 valence electrons. The summed E-state index contributed by atoms with van der Waals surface area (Å²) in [5.41, 5.74) is 3.16. The molecule has 0 bridgehead atoms. The van der Waals surface area contributed by atoms with Crippen LogP contribution in [0.1, 0.15) is 24.0 Å². The van der Waals surface area contributed by atoms with Gasteiger partial charge in [0.25, 0.3) is 0 Å². The van der Waals surface area contributed by atoms with Crippen LogP contribution < -0.4 is 0 Å². The largest absolute Gasteiger partial charge is 0.381 e. The van der Waals surface area contributed by atoms with E-state index in [2.05, 4.69) is 34.1 Å². The summed E-state index contributed by atoms with van der Waals surface area (Å²) in [7, 11) is 0. The Morgan fingerprint density at radius 2 is 1.82 bits per heavy atom. The summed E-state index contributed by atoms with van der Waals surface area (Å²) in [6.07, 6.45) is 5.10. The fraction of sp³-hybridized carbons (Fsp3) is 0.684. The van der Waals surface area contributed by atoms with Gasteiger partial charge in [0.05, 0.1) is 6.61 Å². The van der Waals surface area contributed by atoms with E-state index >= 15 is 0 Å². The number of rotatable bonds is 3. The molecular formula is C19H28N2O. The Morgan fingerprint density at radius 3 is 2.55 bits per heavy atom. The third-order valence-electron chi connectivity index (χ3n) is 5.71. The van der Waals surface area contributed by atoms with Gasteiger partial charge in [0.1, 0.15) is 0 Å². The Labute approximate surface area is 134 Å². The average molecular weight is 300 g/mol. The molecule has 2 saturated heterocycles. The van der Waals surface area contributed by atoms with Crippen LogP contribution in [0.25, 0.3) is 0 Å². The molecular weight excluding hydrogens is 272 g/mol. The average Bonchev–Trinajstić information content (AvgIpc) is 3.13. The van der Waals surface area contributed by atoms with Gasteiger partial charge in [0.2, 0.25) is 0 Å². The van der Waals surface area contributed by atoms with Gasteiger partial charge in [-0.15, -0.1) is 0 Å². The van der Waals surface area contributed by atoms with Crippen molar-refractivity contribution >= 4 is 0 Å². The molecule has 4 rings (SSSR count). The molecule has 1 aliphatic carbocycles. The van der Waals surface area contributed by atoms with Crippen LogP contribution in [0.4, 0.5) is 0 Å². The van der Waals surface area contributed by atoms with Crippen molar-refractivity contribution in [2.75, 3.05) is 45.9 Å². The van der Waals surface area contributed by atoms with E-state index in [1.165, 1.54) is 58.4 Å². The molecule has 2 fully saturated rings. The van der Waals surface area contributed by atoms with Gasteiger partial charge >= 0.3 is 0 Å². The van der Waals surface area contributed by atoms with Gasteiger partial charge in [0.15, 0.2) is 0 Å². The fourth-order valence-electron chi connectivity index (χ4n) is 4.42. The van der Waals surface area contributed by atoms with Crippen LogP contribution >= 0.6 is 0 Å². The van der Waals surface area contributed by atoms with Crippen molar-refractivity contribution in [1.29, 1.82) is 0 Å². The van der Waals surface area contributed by atoms with Crippen LogP contribution in [-0.4, -0.2) is 61.8 Å². The second kappa shape index (κ2) is 6.69. The van der Waals surface area contributed by atoms with E-state index in [9.17, 15) is 0 Å². The molecule has 2 heterocycles. The highest BCUT2D eigenvalue weighted by Crippen LogP contribution is 2.26. The Bertz CT molecular complexity index is 473. The third kappa shape index (κ3) is 3.22. The smallest absolute Gasteiger partial charge is 0.0507 e. The van der Waals surface area contributed by atoms with Crippen LogP contribution in [-0.2, 0) is 17.6 Å². The normalized spacial score (nSPS) is 27.9. The van der Waals surface area contributed by atoms with Gasteiger partial charge in [-0.2, -0.15) is 0 Å². The molecule has 3 aliphatic rings. The lowest BCUT2D eigenvalue weighted by atomic mass is 10.1. The molecule has 0 N–H and O–H groups in total. The van der Waals surface area contributed by atoms with Gasteiger partial charge in [0, 0.05) is 32.3 Å². The Morgan fingerprint density at radius 1 is 1.00 bits per heavy atom. The first-order valence-electron chi connectivity index (χ1n) is 8.99. The lowest BCUT2D eigenvalue weighted by Gasteiger charge is -2.28. The predicted octanol–water partition coefficient (Wildman–Crippen LogP) is 2.20. The molecule has 3 nitrogen and oxygen atoms in total. The SMILES string of the molecule is c1ccc2c(c1)CC(N1CCCN(CC3CCOC3)CC1)C2. The first-order chi connectivity index (χ1) is 10.9. The first-order valence-corrected chi connectivity index (χ1v) is 8.99. The summed E-state index contributed by atoms with van der Waals surface area (Å²) in [6.45, 7) is 8.24. The first kappa shape index (κ1) is 14.7. The molecule has 0 radical (unpaired) electrons. The standard InChI is InChI=1S/C19H28N2O/c1-2-5-18-13-19(12-17(18)4-1)21-8-3-7-20(9-10-21)14-16-6-11-22-15-16/h1-2,4-5,16,19H,3,6-15H2. The number of hydrogen-bond acceptors (Lipinski definition) is 3. The molecule has 22 heavy (non-hydrogen) atoms. The molecule has 2 aliphatic heterocycles. The van der Waals surface area contributed by atoms with E-state index in [4.69, 9.17) is 4.74 Å². The van der Waals surface area contributed by atoms with Crippen LogP contribution in [0.2, 0.25) is 0 Å². The van der Waals surface area contributed by atoms with Crippen molar-refractivity contribution in [2.24, 2.45) is 5.92 Å². The second-order valence-corrected chi connectivity index (χ2v) is 7.25. The van der Waals surface area contributed by atoms with Crippen LogP contribution in [0.3, 0.4) is 0 Å². The summed E-state index contributed by atoms with van der Waals surface area (Å²) in [4.78, 5) is 5.44. The molecule has 0 saturated carbocycles. The lowest BCUT2D eigenvalue weighted by Crippen LogP contribution is -2.39. The van der Waals surface area contributed by atoms with Gasteiger partial charge < -0.3 is 9.64 Å². The molecule has 0 amide bonds. The van der Waals surface area contributed by atoms with E-state index in [-0.39, 0.29) is 0 Å². The quantitative estimate of drug-likeness (QED) is 0.851. The van der Waals surface area contributed by atoms with Gasteiger partial charge in [-0.25, -0.2) is 0 Å². The summed E-state index contributed by atoms with van der Waals surface area (Å²) < 4.78 is 5.53. The van der Waals surface area contributed by atoms with Crippen molar-refractivity contribution in [1.82, 2.24) is 9.80 Å². The molecule has 3 heteroatoms. The molecule has 1 atom stereocenters. The fourth-order valence-corrected chi connectivity index (χ4v) is 4.42. The number of fused-ring (bicyclic) bond motifs is 1. The minimum absolute atomic E-state index is 0.743. The maximum atomic E-state index is 5.53. The van der Waals surface area contributed by atoms with E-state index in [1.807, 2.05) is 0 Å². The van der Waals surface area contributed by atoms with Gasteiger partial charge in [-0.1, -0.05) is 24.3 Å². The zero-order valence-corrected chi connectivity index (χ0v) is 13.5. The second-order valence-electron chi connectivity index (χ2n) is 7.25. The topological polar surface area (TPSA) is 15.7 Å². The highest BCUT2D eigenvalue weighted by atomic mass is 16.5. The number of ether oxygens (including phenoxy) is 1. The van der Waals surface area contributed by atoms with E-state index in [1.54, 1.807) is 11.1 Å². The summed E-state index contributed by atoms with van der Waals surface area (Å²) in [5, 5.41) is 0. The number of nitrogens with zero attached hydrogens (tertiary/aromatic N) is 2. The highest BCUT2D eigenvalue weighted by molar-refractivity contribution is 5.33. The van der Waals surface area contributed by atoms with Gasteiger partial charge in [-0.05, 0) is 55.8 Å². The van der Waals surface area contributed by atoms with Crippen molar-refractivity contribution in [3.8, 4) is 0 Å². The molecule has 1 aromatic rings.